The van der Waals surface area contributed by atoms with Crippen LogP contribution >= 0.6 is 0 Å². The monoisotopic (exact) mass is 295 g/mol. The summed E-state index contributed by atoms with van der Waals surface area (Å²) < 4.78 is 0. The van der Waals surface area contributed by atoms with Gasteiger partial charge >= 0.3 is 5.97 Å². The first-order valence-corrected chi connectivity index (χ1v) is 6.37. The average Bonchev–Trinajstić information content (AvgIpc) is 2.43. The number of rotatable bonds is 7. The molecule has 0 saturated carbocycles. The number of carboxylic acids is 1. The standard InChI is InChI=1S/C13H17N3O5/c1-3-13(4-2,12(18)19)15-9-7-8(11(14)17)5-6-10(9)16(20)21/h5-7,15H,3-4H2,1-2H3,(H2,14,17)(H,18,19). The second-order valence-electron chi connectivity index (χ2n) is 4.57. The molecule has 1 amide bonds. The second-order valence-corrected chi connectivity index (χ2v) is 4.57. The van der Waals surface area contributed by atoms with E-state index in [1.54, 1.807) is 13.8 Å². The van der Waals surface area contributed by atoms with E-state index in [0.717, 1.165) is 6.07 Å². The Balaban J connectivity index is 3.38. The second kappa shape index (κ2) is 6.21. The summed E-state index contributed by atoms with van der Waals surface area (Å²) in [6.07, 6.45) is 0.438. The third-order valence-corrected chi connectivity index (χ3v) is 3.47. The molecule has 0 heterocycles. The molecule has 114 valence electrons. The number of benzene rings is 1. The Morgan fingerprint density at radius 1 is 1.38 bits per heavy atom. The van der Waals surface area contributed by atoms with Crippen LogP contribution in [0.5, 0.6) is 0 Å². The fourth-order valence-electron chi connectivity index (χ4n) is 1.99. The highest BCUT2D eigenvalue weighted by Gasteiger charge is 2.36. The number of hydrogen-bond acceptors (Lipinski definition) is 5. The van der Waals surface area contributed by atoms with E-state index in [1.807, 2.05) is 0 Å². The fourth-order valence-corrected chi connectivity index (χ4v) is 1.99. The third kappa shape index (κ3) is 3.28. The van der Waals surface area contributed by atoms with Gasteiger partial charge in [-0.25, -0.2) is 4.79 Å². The van der Waals surface area contributed by atoms with Gasteiger partial charge in [-0.2, -0.15) is 0 Å². The molecule has 21 heavy (non-hydrogen) atoms. The van der Waals surface area contributed by atoms with Crippen LogP contribution in [0, 0.1) is 10.1 Å². The fraction of sp³-hybridized carbons (Fsp3) is 0.385. The average molecular weight is 295 g/mol. The highest BCUT2D eigenvalue weighted by molar-refractivity contribution is 5.95. The first-order chi connectivity index (χ1) is 9.77. The number of carbonyl (C=O) groups is 2. The number of hydrogen-bond donors (Lipinski definition) is 3. The molecule has 4 N–H and O–H groups in total. The lowest BCUT2D eigenvalue weighted by atomic mass is 9.92. The van der Waals surface area contributed by atoms with Crippen LogP contribution in [0.2, 0.25) is 0 Å². The molecule has 0 radical (unpaired) electrons. The van der Waals surface area contributed by atoms with Crippen molar-refractivity contribution in [1.82, 2.24) is 0 Å². The molecule has 8 heteroatoms. The van der Waals surface area contributed by atoms with E-state index in [-0.39, 0.29) is 29.8 Å². The van der Waals surface area contributed by atoms with Crippen LogP contribution in [0.3, 0.4) is 0 Å². The number of anilines is 1. The van der Waals surface area contributed by atoms with Crippen molar-refractivity contribution < 1.29 is 19.6 Å². The van der Waals surface area contributed by atoms with Gasteiger partial charge in [-0.05, 0) is 25.0 Å². The predicted molar refractivity (Wildman–Crippen MR) is 76.2 cm³/mol. The summed E-state index contributed by atoms with van der Waals surface area (Å²) in [5.41, 5.74) is 3.51. The molecule has 0 atom stereocenters. The van der Waals surface area contributed by atoms with E-state index in [0.29, 0.717) is 0 Å². The minimum absolute atomic E-state index is 0.0394. The molecule has 0 aliphatic rings. The summed E-state index contributed by atoms with van der Waals surface area (Å²) in [5.74, 6) is -1.87. The highest BCUT2D eigenvalue weighted by Crippen LogP contribution is 2.31. The van der Waals surface area contributed by atoms with Crippen LogP contribution in [0.1, 0.15) is 37.0 Å². The van der Waals surface area contributed by atoms with Crippen LogP contribution < -0.4 is 11.1 Å². The van der Waals surface area contributed by atoms with E-state index in [4.69, 9.17) is 5.73 Å². The van der Waals surface area contributed by atoms with Crippen LogP contribution in [0.15, 0.2) is 18.2 Å². The summed E-state index contributed by atoms with van der Waals surface area (Å²) in [6.45, 7) is 3.32. The van der Waals surface area contributed by atoms with Gasteiger partial charge in [-0.1, -0.05) is 13.8 Å². The van der Waals surface area contributed by atoms with Gasteiger partial charge in [0.15, 0.2) is 0 Å². The quantitative estimate of drug-likeness (QED) is 0.518. The van der Waals surface area contributed by atoms with Crippen LogP contribution in [0.4, 0.5) is 11.4 Å². The minimum Gasteiger partial charge on any atom is -0.480 e. The van der Waals surface area contributed by atoms with Gasteiger partial charge in [0.1, 0.15) is 11.2 Å². The number of amides is 1. The number of carboxylic acid groups (broad SMARTS) is 1. The topological polar surface area (TPSA) is 136 Å². The first-order valence-electron chi connectivity index (χ1n) is 6.37. The predicted octanol–water partition coefficient (Wildman–Crippen LogP) is 1.75. The van der Waals surface area contributed by atoms with Gasteiger partial charge in [0.25, 0.3) is 5.69 Å². The molecular formula is C13H17N3O5. The van der Waals surface area contributed by atoms with Gasteiger partial charge in [-0.15, -0.1) is 0 Å². The van der Waals surface area contributed by atoms with Gasteiger partial charge < -0.3 is 16.2 Å². The van der Waals surface area contributed by atoms with Crippen molar-refractivity contribution in [1.29, 1.82) is 0 Å². The molecular weight excluding hydrogens is 278 g/mol. The van der Waals surface area contributed by atoms with Crippen molar-refractivity contribution in [3.05, 3.63) is 33.9 Å². The molecule has 1 rings (SSSR count). The third-order valence-electron chi connectivity index (χ3n) is 3.47. The molecule has 0 aromatic heterocycles. The Hall–Kier alpha value is -2.64. The summed E-state index contributed by atoms with van der Waals surface area (Å²) in [4.78, 5) is 33.0. The maximum Gasteiger partial charge on any atom is 0.329 e. The Kier molecular flexibility index (Phi) is 4.85. The van der Waals surface area contributed by atoms with Crippen molar-refractivity contribution in [3.8, 4) is 0 Å². The van der Waals surface area contributed by atoms with Crippen LogP contribution in [-0.4, -0.2) is 27.4 Å². The minimum atomic E-state index is -1.35. The van der Waals surface area contributed by atoms with Gasteiger partial charge in [0, 0.05) is 11.6 Å². The molecule has 0 fully saturated rings. The van der Waals surface area contributed by atoms with Gasteiger partial charge in [-0.3, -0.25) is 14.9 Å². The molecule has 0 aliphatic heterocycles. The van der Waals surface area contributed by atoms with Crippen molar-refractivity contribution >= 4 is 23.3 Å². The number of primary amides is 1. The molecule has 1 aromatic rings. The number of aliphatic carboxylic acids is 1. The molecule has 0 unspecified atom stereocenters. The number of nitrogens with two attached hydrogens (primary N) is 1. The molecule has 0 aliphatic carbocycles. The maximum absolute atomic E-state index is 11.5. The lowest BCUT2D eigenvalue weighted by molar-refractivity contribution is -0.384. The number of nitrogens with zero attached hydrogens (tertiary/aromatic N) is 1. The Morgan fingerprint density at radius 3 is 2.33 bits per heavy atom. The van der Waals surface area contributed by atoms with E-state index in [1.165, 1.54) is 12.1 Å². The van der Waals surface area contributed by atoms with Crippen LogP contribution in [-0.2, 0) is 4.79 Å². The molecule has 0 bridgehead atoms. The zero-order valence-electron chi connectivity index (χ0n) is 11.8. The Bertz CT molecular complexity index is 581. The molecule has 0 saturated heterocycles. The molecule has 1 aromatic carbocycles. The van der Waals surface area contributed by atoms with Gasteiger partial charge in [0.2, 0.25) is 5.91 Å². The number of nitro benzene ring substituents is 1. The van der Waals surface area contributed by atoms with E-state index in [2.05, 4.69) is 5.32 Å². The Labute approximate surface area is 121 Å². The smallest absolute Gasteiger partial charge is 0.329 e. The molecule has 0 spiro atoms. The number of nitrogens with one attached hydrogen (secondary N) is 1. The lowest BCUT2D eigenvalue weighted by Crippen LogP contribution is -2.45. The van der Waals surface area contributed by atoms with Crippen LogP contribution in [0.25, 0.3) is 0 Å². The van der Waals surface area contributed by atoms with Crippen molar-refractivity contribution in [2.75, 3.05) is 5.32 Å². The zero-order chi connectivity index (χ0) is 16.2. The normalized spacial score (nSPS) is 11.0. The van der Waals surface area contributed by atoms with Gasteiger partial charge in [0.05, 0.1) is 4.92 Å². The first kappa shape index (κ1) is 16.4. The lowest BCUT2D eigenvalue weighted by Gasteiger charge is -2.29. The van der Waals surface area contributed by atoms with E-state index >= 15 is 0 Å². The maximum atomic E-state index is 11.5. The Morgan fingerprint density at radius 2 is 1.95 bits per heavy atom. The SMILES string of the molecule is CCC(CC)(Nc1cc(C(N)=O)ccc1[N+](=O)[O-])C(=O)O. The largest absolute Gasteiger partial charge is 0.480 e. The zero-order valence-corrected chi connectivity index (χ0v) is 11.8. The molecule has 8 nitrogen and oxygen atoms in total. The van der Waals surface area contributed by atoms with Crippen molar-refractivity contribution in [3.63, 3.8) is 0 Å². The number of carbonyl (C=O) groups excluding carboxylic acids is 1. The highest BCUT2D eigenvalue weighted by atomic mass is 16.6. The van der Waals surface area contributed by atoms with Crippen molar-refractivity contribution in [2.24, 2.45) is 5.73 Å². The summed E-state index contributed by atoms with van der Waals surface area (Å²) in [5, 5.41) is 23.1. The van der Waals surface area contributed by atoms with E-state index in [9.17, 15) is 24.8 Å². The number of nitro groups is 1. The van der Waals surface area contributed by atoms with E-state index < -0.39 is 22.3 Å². The summed E-state index contributed by atoms with van der Waals surface area (Å²) >= 11 is 0. The summed E-state index contributed by atoms with van der Waals surface area (Å²) in [7, 11) is 0. The summed E-state index contributed by atoms with van der Waals surface area (Å²) in [6, 6.07) is 3.55. The van der Waals surface area contributed by atoms with Crippen molar-refractivity contribution in [2.45, 2.75) is 32.2 Å².